The number of guanidine groups is 1. The van der Waals surface area contributed by atoms with Gasteiger partial charge in [0.2, 0.25) is 5.91 Å². The number of aliphatic imine (C=N–C) groups is 1. The Balaban J connectivity index is 1.74. The number of piperazine rings is 1. The number of carbonyl (C=O) groups is 1. The molecule has 1 aromatic rings. The minimum absolute atomic E-state index is 0.168. The van der Waals surface area contributed by atoms with E-state index in [4.69, 9.17) is 4.74 Å². The minimum atomic E-state index is 0.168. The van der Waals surface area contributed by atoms with Gasteiger partial charge in [-0.3, -0.25) is 14.7 Å². The third-order valence-electron chi connectivity index (χ3n) is 4.73. The van der Waals surface area contributed by atoms with Crippen LogP contribution in [-0.2, 0) is 11.2 Å². The van der Waals surface area contributed by atoms with Crippen molar-refractivity contribution in [3.05, 3.63) is 29.8 Å². The molecule has 0 bridgehead atoms. The predicted molar refractivity (Wildman–Crippen MR) is 109 cm³/mol. The highest BCUT2D eigenvalue weighted by Gasteiger charge is 2.17. The van der Waals surface area contributed by atoms with Crippen molar-refractivity contribution in [1.29, 1.82) is 0 Å². The zero-order valence-electron chi connectivity index (χ0n) is 16.8. The maximum absolute atomic E-state index is 11.4. The quantitative estimate of drug-likeness (QED) is 0.523. The average molecular weight is 376 g/mol. The van der Waals surface area contributed by atoms with Gasteiger partial charge in [0.05, 0.1) is 13.7 Å². The molecule has 150 valence electrons. The molecule has 7 nitrogen and oxygen atoms in total. The van der Waals surface area contributed by atoms with Crippen molar-refractivity contribution < 1.29 is 9.53 Å². The van der Waals surface area contributed by atoms with E-state index in [1.807, 2.05) is 23.1 Å². The van der Waals surface area contributed by atoms with Crippen LogP contribution in [0, 0.1) is 0 Å². The summed E-state index contributed by atoms with van der Waals surface area (Å²) in [5, 5.41) is 6.69. The highest BCUT2D eigenvalue weighted by molar-refractivity contribution is 5.79. The molecule has 1 saturated heterocycles. The van der Waals surface area contributed by atoms with E-state index in [0.717, 1.165) is 70.5 Å². The van der Waals surface area contributed by atoms with Gasteiger partial charge in [-0.05, 0) is 25.0 Å². The van der Waals surface area contributed by atoms with Gasteiger partial charge in [0.25, 0.3) is 0 Å². The van der Waals surface area contributed by atoms with Gasteiger partial charge in [-0.25, -0.2) is 0 Å². The maximum Gasteiger partial charge on any atom is 0.219 e. The van der Waals surface area contributed by atoms with Gasteiger partial charge in [-0.2, -0.15) is 0 Å². The summed E-state index contributed by atoms with van der Waals surface area (Å²) in [5.41, 5.74) is 1.19. The molecule has 0 aliphatic carbocycles. The number of benzene rings is 1. The lowest BCUT2D eigenvalue weighted by atomic mass is 10.1. The first kappa shape index (κ1) is 21.0. The summed E-state index contributed by atoms with van der Waals surface area (Å²) in [5.74, 6) is 1.93. The molecule has 1 aliphatic rings. The van der Waals surface area contributed by atoms with Crippen molar-refractivity contribution in [3.63, 3.8) is 0 Å². The maximum atomic E-state index is 11.4. The first-order chi connectivity index (χ1) is 13.1. The van der Waals surface area contributed by atoms with Crippen LogP contribution in [0.15, 0.2) is 29.3 Å². The normalized spacial score (nSPS) is 15.5. The lowest BCUT2D eigenvalue weighted by Crippen LogP contribution is -2.48. The molecule has 27 heavy (non-hydrogen) atoms. The molecule has 2 N–H and O–H groups in total. The van der Waals surface area contributed by atoms with Gasteiger partial charge < -0.3 is 20.3 Å². The highest BCUT2D eigenvalue weighted by Crippen LogP contribution is 2.17. The fourth-order valence-electron chi connectivity index (χ4n) is 3.16. The fraction of sp³-hybridized carbons (Fsp3) is 0.600. The molecule has 2 rings (SSSR count). The summed E-state index contributed by atoms with van der Waals surface area (Å²) in [4.78, 5) is 20.3. The van der Waals surface area contributed by atoms with Crippen molar-refractivity contribution >= 4 is 11.9 Å². The van der Waals surface area contributed by atoms with E-state index < -0.39 is 0 Å². The van der Waals surface area contributed by atoms with Crippen LogP contribution >= 0.6 is 0 Å². The van der Waals surface area contributed by atoms with Crippen molar-refractivity contribution in [1.82, 2.24) is 20.4 Å². The molecule has 0 radical (unpaired) electrons. The molecule has 0 aromatic heterocycles. The second-order valence-electron chi connectivity index (χ2n) is 6.60. The Morgan fingerprint density at radius 3 is 2.59 bits per heavy atom. The lowest BCUT2D eigenvalue weighted by molar-refractivity contribution is -0.130. The van der Waals surface area contributed by atoms with Gasteiger partial charge >= 0.3 is 0 Å². The summed E-state index contributed by atoms with van der Waals surface area (Å²) in [7, 11) is 1.70. The van der Waals surface area contributed by atoms with E-state index in [1.54, 1.807) is 14.0 Å². The summed E-state index contributed by atoms with van der Waals surface area (Å²) in [6, 6.07) is 8.09. The molecule has 0 spiro atoms. The van der Waals surface area contributed by atoms with Crippen LogP contribution in [0.5, 0.6) is 5.75 Å². The number of carbonyl (C=O) groups excluding carboxylic acids is 1. The highest BCUT2D eigenvalue weighted by atomic mass is 16.5. The molecule has 1 aromatic carbocycles. The number of hydrogen-bond donors (Lipinski definition) is 2. The Labute approximate surface area is 162 Å². The van der Waals surface area contributed by atoms with E-state index in [0.29, 0.717) is 0 Å². The van der Waals surface area contributed by atoms with Crippen LogP contribution in [0.2, 0.25) is 0 Å². The zero-order chi connectivity index (χ0) is 19.5. The van der Waals surface area contributed by atoms with Gasteiger partial charge in [-0.1, -0.05) is 18.2 Å². The molecule has 1 fully saturated rings. The number of ether oxygens (including phenoxy) is 1. The van der Waals surface area contributed by atoms with Crippen LogP contribution in [0.3, 0.4) is 0 Å². The largest absolute Gasteiger partial charge is 0.496 e. The van der Waals surface area contributed by atoms with E-state index in [-0.39, 0.29) is 5.91 Å². The molecular weight excluding hydrogens is 342 g/mol. The molecule has 7 heteroatoms. The van der Waals surface area contributed by atoms with Gasteiger partial charge in [0.1, 0.15) is 5.75 Å². The van der Waals surface area contributed by atoms with Crippen LogP contribution in [0.4, 0.5) is 0 Å². The second kappa shape index (κ2) is 11.4. The summed E-state index contributed by atoms with van der Waals surface area (Å²) in [6.45, 7) is 10.5. The van der Waals surface area contributed by atoms with E-state index in [1.165, 1.54) is 5.56 Å². The Morgan fingerprint density at radius 2 is 1.93 bits per heavy atom. The van der Waals surface area contributed by atoms with Crippen LogP contribution in [0.25, 0.3) is 0 Å². The smallest absolute Gasteiger partial charge is 0.219 e. The molecule has 1 aliphatic heterocycles. The molecule has 0 unspecified atom stereocenters. The standard InChI is InChI=1S/C20H33N5O2/c1-4-21-20(22-10-9-18-7-5-6-8-19(18)27-3)23-11-12-24-13-15-25(16-14-24)17(2)26/h5-8H,4,9-16H2,1-3H3,(H2,21,22,23). The third-order valence-corrected chi connectivity index (χ3v) is 4.73. The topological polar surface area (TPSA) is 69.2 Å². The Morgan fingerprint density at radius 1 is 1.19 bits per heavy atom. The molecule has 1 heterocycles. The molecule has 1 amide bonds. The minimum Gasteiger partial charge on any atom is -0.496 e. The zero-order valence-corrected chi connectivity index (χ0v) is 16.8. The average Bonchev–Trinajstić information content (AvgIpc) is 2.68. The second-order valence-corrected chi connectivity index (χ2v) is 6.60. The Kier molecular flexibility index (Phi) is 8.91. The number of nitrogens with one attached hydrogen (secondary N) is 2. The van der Waals surface area contributed by atoms with E-state index in [2.05, 4.69) is 33.5 Å². The monoisotopic (exact) mass is 375 g/mol. The van der Waals surface area contributed by atoms with E-state index >= 15 is 0 Å². The van der Waals surface area contributed by atoms with Gasteiger partial charge in [-0.15, -0.1) is 0 Å². The SMILES string of the molecule is CCNC(=NCCN1CCN(C(C)=O)CC1)NCCc1ccccc1OC. The predicted octanol–water partition coefficient (Wildman–Crippen LogP) is 0.957. The van der Waals surface area contributed by atoms with Crippen LogP contribution in [0.1, 0.15) is 19.4 Å². The number of nitrogens with zero attached hydrogens (tertiary/aromatic N) is 3. The number of para-hydroxylation sites is 1. The first-order valence-electron chi connectivity index (χ1n) is 9.76. The Hall–Kier alpha value is -2.28. The fourth-order valence-corrected chi connectivity index (χ4v) is 3.16. The van der Waals surface area contributed by atoms with Crippen LogP contribution in [-0.4, -0.2) is 81.1 Å². The van der Waals surface area contributed by atoms with E-state index in [9.17, 15) is 4.79 Å². The van der Waals surface area contributed by atoms with Crippen molar-refractivity contribution in [2.45, 2.75) is 20.3 Å². The first-order valence-corrected chi connectivity index (χ1v) is 9.76. The van der Waals surface area contributed by atoms with Crippen molar-refractivity contribution in [2.75, 3.05) is 59.5 Å². The molecule has 0 atom stereocenters. The summed E-state index contributed by atoms with van der Waals surface area (Å²) < 4.78 is 5.40. The molecular formula is C20H33N5O2. The third kappa shape index (κ3) is 7.09. The van der Waals surface area contributed by atoms with Gasteiger partial charge in [0, 0.05) is 52.7 Å². The summed E-state index contributed by atoms with van der Waals surface area (Å²) >= 11 is 0. The number of methoxy groups -OCH3 is 1. The van der Waals surface area contributed by atoms with Gasteiger partial charge in [0.15, 0.2) is 5.96 Å². The van der Waals surface area contributed by atoms with Crippen molar-refractivity contribution in [3.8, 4) is 5.75 Å². The van der Waals surface area contributed by atoms with Crippen molar-refractivity contribution in [2.24, 2.45) is 4.99 Å². The number of hydrogen-bond acceptors (Lipinski definition) is 4. The lowest BCUT2D eigenvalue weighted by Gasteiger charge is -2.33. The number of amides is 1. The Bertz CT molecular complexity index is 612. The number of rotatable bonds is 8. The molecule has 0 saturated carbocycles. The van der Waals surface area contributed by atoms with Crippen LogP contribution < -0.4 is 15.4 Å². The summed E-state index contributed by atoms with van der Waals surface area (Å²) in [6.07, 6.45) is 0.876.